The largest absolute Gasteiger partial charge is 0.464 e. The summed E-state index contributed by atoms with van der Waals surface area (Å²) in [5.74, 6) is 2.23. The molecule has 7 heteroatoms. The molecule has 136 valence electrons. The fraction of sp³-hybridized carbons (Fsp3) is 0.647. The lowest BCUT2D eigenvalue weighted by Gasteiger charge is -2.17. The number of nitrogens with zero attached hydrogens (tertiary/aromatic N) is 2. The number of furan rings is 1. The topological polar surface area (TPSA) is 79.1 Å². The first-order valence-electron chi connectivity index (χ1n) is 8.33. The Labute approximate surface area is 144 Å². The molecule has 0 fully saturated rings. The molecule has 24 heavy (non-hydrogen) atoms. The molecule has 0 bridgehead atoms. The number of nitrogens with one attached hydrogen (secondary N) is 2. The average molecular weight is 338 g/mol. The molecular formula is C17H30N4O3. The highest BCUT2D eigenvalue weighted by molar-refractivity contribution is 5.84. The van der Waals surface area contributed by atoms with E-state index in [1.165, 1.54) is 4.90 Å². The van der Waals surface area contributed by atoms with Crippen LogP contribution in [0.15, 0.2) is 21.5 Å². The standard InChI is InChI=1S/C17H30N4O3/c1-6-23-11-7-10-18-17(19-12-16(22)21(4)5)20-14(3)15-9-8-13(2)24-15/h8-9,14H,6-7,10-12H2,1-5H3,(H2,18,19,20). The third-order valence-corrected chi connectivity index (χ3v) is 3.37. The van der Waals surface area contributed by atoms with Gasteiger partial charge < -0.3 is 24.7 Å². The number of guanidine groups is 1. The molecule has 0 aromatic carbocycles. The number of hydrogen-bond acceptors (Lipinski definition) is 4. The number of ether oxygens (including phenoxy) is 1. The summed E-state index contributed by atoms with van der Waals surface area (Å²) in [6, 6.07) is 3.81. The van der Waals surface area contributed by atoms with Gasteiger partial charge in [0.05, 0.1) is 6.04 Å². The zero-order valence-electron chi connectivity index (χ0n) is 15.4. The van der Waals surface area contributed by atoms with Gasteiger partial charge in [-0.15, -0.1) is 0 Å². The summed E-state index contributed by atoms with van der Waals surface area (Å²) in [4.78, 5) is 17.6. The van der Waals surface area contributed by atoms with E-state index in [9.17, 15) is 4.79 Å². The fourth-order valence-electron chi connectivity index (χ4n) is 1.93. The fourth-order valence-corrected chi connectivity index (χ4v) is 1.93. The predicted octanol–water partition coefficient (Wildman–Crippen LogP) is 1.70. The highest BCUT2D eigenvalue weighted by Gasteiger charge is 2.12. The number of likely N-dealkylation sites (N-methyl/N-ethyl adjacent to an activating group) is 1. The molecule has 0 spiro atoms. The minimum Gasteiger partial charge on any atom is -0.464 e. The van der Waals surface area contributed by atoms with Crippen LogP contribution in [0.2, 0.25) is 0 Å². The third kappa shape index (κ3) is 7.50. The minimum atomic E-state index is -0.0497. The number of aryl methyl sites for hydroxylation is 1. The van der Waals surface area contributed by atoms with Crippen LogP contribution in [-0.2, 0) is 9.53 Å². The van der Waals surface area contributed by atoms with E-state index >= 15 is 0 Å². The number of carbonyl (C=O) groups is 1. The molecular weight excluding hydrogens is 308 g/mol. The van der Waals surface area contributed by atoms with Crippen LogP contribution in [0.25, 0.3) is 0 Å². The van der Waals surface area contributed by atoms with Crippen molar-refractivity contribution < 1.29 is 13.9 Å². The van der Waals surface area contributed by atoms with E-state index in [2.05, 4.69) is 15.6 Å². The first kappa shape index (κ1) is 20.0. The second-order valence-electron chi connectivity index (χ2n) is 5.74. The average Bonchev–Trinajstić information content (AvgIpc) is 2.98. The Morgan fingerprint density at radius 3 is 2.75 bits per heavy atom. The summed E-state index contributed by atoms with van der Waals surface area (Å²) in [7, 11) is 3.43. The zero-order chi connectivity index (χ0) is 17.9. The maximum atomic E-state index is 11.7. The van der Waals surface area contributed by atoms with Gasteiger partial charge in [0.2, 0.25) is 5.91 Å². The summed E-state index contributed by atoms with van der Waals surface area (Å²) in [6.45, 7) is 8.09. The number of hydrogen-bond donors (Lipinski definition) is 2. The van der Waals surface area contributed by atoms with Crippen molar-refractivity contribution in [1.29, 1.82) is 0 Å². The summed E-state index contributed by atoms with van der Waals surface area (Å²) >= 11 is 0. The Kier molecular flexibility index (Phi) is 8.93. The first-order chi connectivity index (χ1) is 11.4. The molecule has 1 rings (SSSR count). The molecule has 1 atom stereocenters. The van der Waals surface area contributed by atoms with Crippen LogP contribution in [0.5, 0.6) is 0 Å². The van der Waals surface area contributed by atoms with E-state index in [-0.39, 0.29) is 18.5 Å². The van der Waals surface area contributed by atoms with Gasteiger partial charge in [-0.05, 0) is 39.3 Å². The van der Waals surface area contributed by atoms with Crippen LogP contribution < -0.4 is 10.6 Å². The smallest absolute Gasteiger partial charge is 0.243 e. The van der Waals surface area contributed by atoms with Crippen molar-refractivity contribution in [2.24, 2.45) is 4.99 Å². The van der Waals surface area contributed by atoms with Crippen LogP contribution in [0, 0.1) is 6.92 Å². The van der Waals surface area contributed by atoms with Crippen molar-refractivity contribution >= 4 is 11.9 Å². The van der Waals surface area contributed by atoms with Gasteiger partial charge in [0, 0.05) is 33.9 Å². The van der Waals surface area contributed by atoms with Crippen LogP contribution in [-0.4, -0.2) is 57.2 Å². The molecule has 0 saturated carbocycles. The molecule has 0 aliphatic heterocycles. The van der Waals surface area contributed by atoms with E-state index in [0.717, 1.165) is 17.9 Å². The Hall–Kier alpha value is -2.02. The van der Waals surface area contributed by atoms with E-state index in [4.69, 9.17) is 9.15 Å². The quantitative estimate of drug-likeness (QED) is 0.407. The molecule has 0 aliphatic carbocycles. The highest BCUT2D eigenvalue weighted by Crippen LogP contribution is 2.15. The summed E-state index contributed by atoms with van der Waals surface area (Å²) in [5, 5.41) is 6.49. The van der Waals surface area contributed by atoms with Crippen LogP contribution in [0.4, 0.5) is 0 Å². The summed E-state index contributed by atoms with van der Waals surface area (Å²) in [6.07, 6.45) is 0.865. The molecule has 1 aromatic rings. The lowest BCUT2D eigenvalue weighted by Crippen LogP contribution is -2.40. The molecule has 0 aliphatic rings. The second kappa shape index (κ2) is 10.7. The summed E-state index contributed by atoms with van der Waals surface area (Å²) < 4.78 is 10.9. The second-order valence-corrected chi connectivity index (χ2v) is 5.74. The zero-order valence-corrected chi connectivity index (χ0v) is 15.4. The van der Waals surface area contributed by atoms with Gasteiger partial charge in [-0.25, -0.2) is 4.99 Å². The maximum absolute atomic E-state index is 11.7. The van der Waals surface area contributed by atoms with Crippen LogP contribution in [0.3, 0.4) is 0 Å². The predicted molar refractivity (Wildman–Crippen MR) is 95.1 cm³/mol. The normalized spacial score (nSPS) is 12.8. The van der Waals surface area contributed by atoms with Gasteiger partial charge in [0.1, 0.15) is 18.1 Å². The number of aliphatic imine (C=N–C) groups is 1. The van der Waals surface area contributed by atoms with Gasteiger partial charge in [-0.1, -0.05) is 0 Å². The highest BCUT2D eigenvalue weighted by atomic mass is 16.5. The van der Waals surface area contributed by atoms with Gasteiger partial charge in [-0.3, -0.25) is 4.79 Å². The Balaban J connectivity index is 2.61. The molecule has 7 nitrogen and oxygen atoms in total. The lowest BCUT2D eigenvalue weighted by molar-refractivity contribution is -0.127. The van der Waals surface area contributed by atoms with Crippen molar-refractivity contribution in [3.63, 3.8) is 0 Å². The van der Waals surface area contributed by atoms with Gasteiger partial charge in [0.25, 0.3) is 0 Å². The molecule has 1 unspecified atom stereocenters. The van der Waals surface area contributed by atoms with E-state index in [0.29, 0.717) is 25.7 Å². The first-order valence-corrected chi connectivity index (χ1v) is 8.33. The van der Waals surface area contributed by atoms with Crippen molar-refractivity contribution in [2.75, 3.05) is 40.4 Å². The Morgan fingerprint density at radius 1 is 1.42 bits per heavy atom. The lowest BCUT2D eigenvalue weighted by atomic mass is 10.2. The van der Waals surface area contributed by atoms with E-state index < -0.39 is 0 Å². The Morgan fingerprint density at radius 2 is 2.17 bits per heavy atom. The molecule has 2 N–H and O–H groups in total. The maximum Gasteiger partial charge on any atom is 0.243 e. The van der Waals surface area contributed by atoms with E-state index in [1.807, 2.05) is 32.9 Å². The molecule has 1 heterocycles. The van der Waals surface area contributed by atoms with Crippen molar-refractivity contribution in [2.45, 2.75) is 33.2 Å². The van der Waals surface area contributed by atoms with E-state index in [1.54, 1.807) is 14.1 Å². The minimum absolute atomic E-state index is 0.0492. The number of carbonyl (C=O) groups excluding carboxylic acids is 1. The van der Waals surface area contributed by atoms with Crippen LogP contribution >= 0.6 is 0 Å². The molecule has 1 aromatic heterocycles. The van der Waals surface area contributed by atoms with Crippen molar-refractivity contribution in [3.05, 3.63) is 23.7 Å². The molecule has 1 amide bonds. The van der Waals surface area contributed by atoms with Gasteiger partial charge in [0.15, 0.2) is 5.96 Å². The van der Waals surface area contributed by atoms with Gasteiger partial charge in [-0.2, -0.15) is 0 Å². The monoisotopic (exact) mass is 338 g/mol. The summed E-state index contributed by atoms with van der Waals surface area (Å²) in [5.41, 5.74) is 0. The molecule has 0 saturated heterocycles. The van der Waals surface area contributed by atoms with Gasteiger partial charge >= 0.3 is 0 Å². The van der Waals surface area contributed by atoms with Crippen molar-refractivity contribution in [3.8, 4) is 0 Å². The molecule has 0 radical (unpaired) electrons. The van der Waals surface area contributed by atoms with Crippen molar-refractivity contribution in [1.82, 2.24) is 15.5 Å². The number of rotatable bonds is 9. The Bertz CT molecular complexity index is 526. The third-order valence-electron chi connectivity index (χ3n) is 3.37. The SMILES string of the molecule is CCOCCCNC(=NCC(=O)N(C)C)NC(C)c1ccc(C)o1. The van der Waals surface area contributed by atoms with Crippen LogP contribution in [0.1, 0.15) is 37.8 Å². The number of amides is 1.